The van der Waals surface area contributed by atoms with Gasteiger partial charge in [-0.05, 0) is 49.4 Å². The van der Waals surface area contributed by atoms with Gasteiger partial charge in [0.2, 0.25) is 5.91 Å². The van der Waals surface area contributed by atoms with Gasteiger partial charge < -0.3 is 10.1 Å². The summed E-state index contributed by atoms with van der Waals surface area (Å²) in [6.45, 7) is 3.97. The molecule has 3 rings (SSSR count). The van der Waals surface area contributed by atoms with Crippen LogP contribution in [0.25, 0.3) is 0 Å². The van der Waals surface area contributed by atoms with Gasteiger partial charge in [0, 0.05) is 19.2 Å². The van der Waals surface area contributed by atoms with Gasteiger partial charge in [0.15, 0.2) is 0 Å². The van der Waals surface area contributed by atoms with Gasteiger partial charge in [0.1, 0.15) is 11.8 Å². The molecule has 1 unspecified atom stereocenters. The molecule has 0 bridgehead atoms. The van der Waals surface area contributed by atoms with Crippen LogP contribution >= 0.6 is 0 Å². The van der Waals surface area contributed by atoms with E-state index in [1.165, 1.54) is 6.92 Å². The summed E-state index contributed by atoms with van der Waals surface area (Å²) in [6, 6.07) is 15.4. The molecular formula is C27H34N2O4. The second-order valence-electron chi connectivity index (χ2n) is 8.59. The van der Waals surface area contributed by atoms with E-state index in [0.29, 0.717) is 12.2 Å². The Labute approximate surface area is 196 Å². The van der Waals surface area contributed by atoms with Crippen LogP contribution < -0.4 is 15.0 Å². The van der Waals surface area contributed by atoms with Crippen molar-refractivity contribution in [1.29, 1.82) is 0 Å². The predicted octanol–water partition coefficient (Wildman–Crippen LogP) is 5.12. The van der Waals surface area contributed by atoms with Gasteiger partial charge in [0.25, 0.3) is 5.91 Å². The first-order chi connectivity index (χ1) is 16.0. The molecule has 1 aliphatic rings. The topological polar surface area (TPSA) is 75.7 Å². The molecule has 2 aromatic carbocycles. The highest BCUT2D eigenvalue weighted by molar-refractivity contribution is 6.11. The van der Waals surface area contributed by atoms with E-state index in [1.54, 1.807) is 29.2 Å². The first-order valence-corrected chi connectivity index (χ1v) is 12.0. The van der Waals surface area contributed by atoms with Crippen LogP contribution in [0.3, 0.4) is 0 Å². The molecule has 0 heterocycles. The first-order valence-electron chi connectivity index (χ1n) is 12.0. The lowest BCUT2D eigenvalue weighted by Gasteiger charge is -2.38. The van der Waals surface area contributed by atoms with Gasteiger partial charge in [0.05, 0.1) is 5.56 Å². The third-order valence-electron chi connectivity index (χ3n) is 6.10. The summed E-state index contributed by atoms with van der Waals surface area (Å²) in [5.41, 5.74) is 0.917. The number of anilines is 1. The van der Waals surface area contributed by atoms with Crippen molar-refractivity contribution < 1.29 is 19.1 Å². The molecule has 1 atom stereocenters. The number of carbonyl (C=O) groups is 3. The van der Waals surface area contributed by atoms with Gasteiger partial charge in [-0.1, -0.05) is 62.9 Å². The highest BCUT2D eigenvalue weighted by Gasteiger charge is 2.39. The van der Waals surface area contributed by atoms with Crippen molar-refractivity contribution in [3.05, 3.63) is 60.2 Å². The van der Waals surface area contributed by atoms with Crippen molar-refractivity contribution in [2.75, 3.05) is 11.4 Å². The van der Waals surface area contributed by atoms with Crippen LogP contribution in [0.2, 0.25) is 0 Å². The van der Waals surface area contributed by atoms with E-state index in [0.717, 1.165) is 44.9 Å². The average Bonchev–Trinajstić information content (AvgIpc) is 2.83. The van der Waals surface area contributed by atoms with Crippen molar-refractivity contribution in [1.82, 2.24) is 5.32 Å². The Balaban J connectivity index is 2.06. The monoisotopic (exact) mass is 450 g/mol. The fourth-order valence-electron chi connectivity index (χ4n) is 4.49. The Bertz CT molecular complexity index is 938. The lowest BCUT2D eigenvalue weighted by Crippen LogP contribution is -2.54. The zero-order valence-electron chi connectivity index (χ0n) is 19.6. The number of nitrogens with one attached hydrogen (secondary N) is 1. The second-order valence-corrected chi connectivity index (χ2v) is 8.59. The molecule has 0 aliphatic heterocycles. The van der Waals surface area contributed by atoms with Gasteiger partial charge in [-0.25, -0.2) is 0 Å². The van der Waals surface area contributed by atoms with Crippen molar-refractivity contribution >= 4 is 23.5 Å². The van der Waals surface area contributed by atoms with Crippen molar-refractivity contribution in [2.45, 2.75) is 64.8 Å². The molecule has 2 aromatic rings. The van der Waals surface area contributed by atoms with Crippen LogP contribution in [0.4, 0.5) is 5.69 Å². The van der Waals surface area contributed by atoms with E-state index in [1.807, 2.05) is 30.3 Å². The average molecular weight is 451 g/mol. The maximum atomic E-state index is 14.0. The smallest absolute Gasteiger partial charge is 0.308 e. The highest BCUT2D eigenvalue weighted by atomic mass is 16.5. The molecule has 1 fully saturated rings. The number of esters is 1. The summed E-state index contributed by atoms with van der Waals surface area (Å²) in [4.78, 5) is 40.8. The molecule has 2 amide bonds. The Kier molecular flexibility index (Phi) is 9.04. The standard InChI is InChI=1S/C27H34N2O4/c1-3-4-19-28-26(31)25(21-13-7-5-8-14-21)29(22-15-9-6-10-16-22)27(32)23-17-11-12-18-24(23)33-20(2)30/h6,9-12,15-18,21,25H,3-5,7-8,13-14,19H2,1-2H3,(H,28,31). The maximum absolute atomic E-state index is 14.0. The molecule has 0 radical (unpaired) electrons. The fraction of sp³-hybridized carbons (Fsp3) is 0.444. The van der Waals surface area contributed by atoms with Crippen LogP contribution in [0.1, 0.15) is 69.2 Å². The Morgan fingerprint density at radius 2 is 1.67 bits per heavy atom. The molecule has 1 aliphatic carbocycles. The minimum atomic E-state index is -0.637. The van der Waals surface area contributed by atoms with Crippen LogP contribution in [0, 0.1) is 5.92 Å². The number of nitrogens with zero attached hydrogens (tertiary/aromatic N) is 1. The van der Waals surface area contributed by atoms with Gasteiger partial charge >= 0.3 is 5.97 Å². The van der Waals surface area contributed by atoms with Gasteiger partial charge in [-0.3, -0.25) is 19.3 Å². The fourth-order valence-corrected chi connectivity index (χ4v) is 4.49. The lowest BCUT2D eigenvalue weighted by molar-refractivity contribution is -0.132. The predicted molar refractivity (Wildman–Crippen MR) is 129 cm³/mol. The number of ether oxygens (including phenoxy) is 1. The summed E-state index contributed by atoms with van der Waals surface area (Å²) in [6.07, 6.45) is 6.90. The van der Waals surface area contributed by atoms with Crippen LogP contribution in [-0.4, -0.2) is 30.4 Å². The quantitative estimate of drug-likeness (QED) is 0.327. The maximum Gasteiger partial charge on any atom is 0.308 e. The summed E-state index contributed by atoms with van der Waals surface area (Å²) < 4.78 is 5.33. The number of carbonyl (C=O) groups excluding carboxylic acids is 3. The molecule has 0 aromatic heterocycles. The summed E-state index contributed by atoms with van der Waals surface area (Å²) in [5, 5.41) is 3.07. The second kappa shape index (κ2) is 12.2. The Morgan fingerprint density at radius 1 is 1.00 bits per heavy atom. The SMILES string of the molecule is CCCCNC(=O)C(C1CCCCC1)N(C(=O)c1ccccc1OC(C)=O)c1ccccc1. The van der Waals surface area contributed by atoms with E-state index < -0.39 is 12.0 Å². The number of amides is 2. The zero-order chi connectivity index (χ0) is 23.6. The number of para-hydroxylation sites is 2. The molecule has 6 nitrogen and oxygen atoms in total. The number of hydrogen-bond donors (Lipinski definition) is 1. The van der Waals surface area contributed by atoms with E-state index >= 15 is 0 Å². The number of hydrogen-bond acceptors (Lipinski definition) is 4. The van der Waals surface area contributed by atoms with E-state index in [9.17, 15) is 14.4 Å². The van der Waals surface area contributed by atoms with Crippen molar-refractivity contribution in [3.8, 4) is 5.75 Å². The summed E-state index contributed by atoms with van der Waals surface area (Å²) in [5.74, 6) is -0.713. The van der Waals surface area contributed by atoms with E-state index in [-0.39, 0.29) is 29.0 Å². The summed E-state index contributed by atoms with van der Waals surface area (Å²) in [7, 11) is 0. The van der Waals surface area contributed by atoms with E-state index in [2.05, 4.69) is 12.2 Å². The van der Waals surface area contributed by atoms with Crippen molar-refractivity contribution in [2.24, 2.45) is 5.92 Å². The van der Waals surface area contributed by atoms with E-state index in [4.69, 9.17) is 4.74 Å². The third-order valence-corrected chi connectivity index (χ3v) is 6.10. The minimum absolute atomic E-state index is 0.0606. The molecule has 176 valence electrons. The molecule has 1 N–H and O–H groups in total. The highest BCUT2D eigenvalue weighted by Crippen LogP contribution is 2.34. The van der Waals surface area contributed by atoms with Gasteiger partial charge in [-0.15, -0.1) is 0 Å². The first kappa shape index (κ1) is 24.5. The summed E-state index contributed by atoms with van der Waals surface area (Å²) >= 11 is 0. The van der Waals surface area contributed by atoms with Crippen LogP contribution in [-0.2, 0) is 9.59 Å². The number of rotatable bonds is 9. The molecular weight excluding hydrogens is 416 g/mol. The molecule has 33 heavy (non-hydrogen) atoms. The van der Waals surface area contributed by atoms with Crippen LogP contribution in [0.5, 0.6) is 5.75 Å². The van der Waals surface area contributed by atoms with Crippen molar-refractivity contribution in [3.63, 3.8) is 0 Å². The number of unbranched alkanes of at least 4 members (excludes halogenated alkanes) is 1. The van der Waals surface area contributed by atoms with Crippen LogP contribution in [0.15, 0.2) is 54.6 Å². The Hall–Kier alpha value is -3.15. The third kappa shape index (κ3) is 6.44. The normalized spacial score (nSPS) is 14.8. The molecule has 0 saturated heterocycles. The lowest BCUT2D eigenvalue weighted by atomic mass is 9.82. The molecule has 0 spiro atoms. The number of benzene rings is 2. The zero-order valence-corrected chi connectivity index (χ0v) is 19.6. The van der Waals surface area contributed by atoms with Gasteiger partial charge in [-0.2, -0.15) is 0 Å². The largest absolute Gasteiger partial charge is 0.426 e. The molecule has 1 saturated carbocycles. The minimum Gasteiger partial charge on any atom is -0.426 e. The molecule has 6 heteroatoms. The Morgan fingerprint density at radius 3 is 2.33 bits per heavy atom.